The van der Waals surface area contributed by atoms with Crippen LogP contribution in [0.4, 0.5) is 20.3 Å². The van der Waals surface area contributed by atoms with E-state index in [1.165, 1.54) is 34.1 Å². The Morgan fingerprint density at radius 3 is 2.34 bits per heavy atom. The molecule has 7 heterocycles. The van der Waals surface area contributed by atoms with Gasteiger partial charge in [0.1, 0.15) is 49.3 Å². The molecule has 10 atom stereocenters. The van der Waals surface area contributed by atoms with Gasteiger partial charge in [-0.15, -0.1) is 0 Å². The van der Waals surface area contributed by atoms with Gasteiger partial charge in [0, 0.05) is 6.20 Å². The van der Waals surface area contributed by atoms with Crippen molar-refractivity contribution in [3.8, 4) is 0 Å². The normalized spacial score (nSPS) is 38.3. The van der Waals surface area contributed by atoms with Gasteiger partial charge in [0.05, 0.1) is 39.1 Å². The summed E-state index contributed by atoms with van der Waals surface area (Å²) in [6.45, 7) is -1.37. The molecule has 0 radical (unpaired) electrons. The van der Waals surface area contributed by atoms with Gasteiger partial charge in [0.2, 0.25) is 0 Å². The summed E-state index contributed by atoms with van der Waals surface area (Å²) < 4.78 is 94.4. The van der Waals surface area contributed by atoms with Gasteiger partial charge in [-0.3, -0.25) is 18.2 Å². The fourth-order valence-corrected chi connectivity index (χ4v) is 6.86. The largest absolute Gasteiger partial charge is 0.472 e. The van der Waals surface area contributed by atoms with E-state index < -0.39 is 85.3 Å². The molecule has 5 N–H and O–H groups in total. The summed E-state index contributed by atoms with van der Waals surface area (Å²) >= 11 is 0. The van der Waals surface area contributed by atoms with Crippen LogP contribution in [0.15, 0.2) is 31.2 Å². The zero-order valence-corrected chi connectivity index (χ0v) is 23.4. The number of rotatable bonds is 2. The van der Waals surface area contributed by atoms with Crippen molar-refractivity contribution in [3.63, 3.8) is 0 Å². The molecule has 3 unspecified atom stereocenters. The first-order valence-electron chi connectivity index (χ1n) is 12.6. The van der Waals surface area contributed by atoms with E-state index in [0.29, 0.717) is 0 Å². The summed E-state index contributed by atoms with van der Waals surface area (Å²) in [5.74, 6) is 0.0502. The van der Waals surface area contributed by atoms with E-state index in [9.17, 15) is 14.0 Å². The minimum Gasteiger partial charge on any atom is -0.397 e. The molecule has 0 spiro atoms. The predicted molar refractivity (Wildman–Crippen MR) is 148 cm³/mol. The van der Waals surface area contributed by atoms with Gasteiger partial charge < -0.3 is 39.4 Å². The number of hydrogen-bond donors (Lipinski definition) is 3. The Labute approximate surface area is 246 Å². The van der Waals surface area contributed by atoms with Gasteiger partial charge >= 0.3 is 7.82 Å². The van der Waals surface area contributed by atoms with E-state index in [4.69, 9.17) is 39.0 Å². The lowest BCUT2D eigenvalue weighted by Crippen LogP contribution is -2.34. The smallest absolute Gasteiger partial charge is 0.397 e. The molecule has 3 aliphatic heterocycles. The van der Waals surface area contributed by atoms with Gasteiger partial charge in [0.25, 0.3) is 0 Å². The Bertz CT molecular complexity index is 1840. The molecule has 4 aromatic heterocycles. The van der Waals surface area contributed by atoms with Crippen molar-refractivity contribution in [1.29, 1.82) is 0 Å². The van der Waals surface area contributed by atoms with Crippen molar-refractivity contribution in [2.75, 3.05) is 24.7 Å². The van der Waals surface area contributed by atoms with Crippen LogP contribution in [-0.4, -0.2) is 96.5 Å². The Balaban J connectivity index is 1.20. The molecule has 4 aromatic rings. The zero-order valence-electron chi connectivity index (χ0n) is 21.6. The molecule has 18 nitrogen and oxygen atoms in total. The molecule has 2 bridgehead atoms. The van der Waals surface area contributed by atoms with Crippen LogP contribution >= 0.6 is 15.3 Å². The third-order valence-electron chi connectivity index (χ3n) is 7.17. The minimum absolute atomic E-state index is 0.0502. The van der Waals surface area contributed by atoms with Crippen LogP contribution in [0.3, 0.4) is 0 Å². The average Bonchev–Trinajstić information content (AvgIpc) is 3.73. The van der Waals surface area contributed by atoms with E-state index in [2.05, 4.69) is 24.9 Å². The van der Waals surface area contributed by atoms with E-state index in [0.717, 1.165) is 6.33 Å². The molecule has 0 aromatic carbocycles. The first-order chi connectivity index (χ1) is 20.9. The van der Waals surface area contributed by atoms with Crippen LogP contribution in [-0.2, 0) is 36.7 Å². The van der Waals surface area contributed by atoms with E-state index in [1.807, 2.05) is 0 Å². The molecule has 3 fully saturated rings. The van der Waals surface area contributed by atoms with Crippen molar-refractivity contribution in [2.24, 2.45) is 0 Å². The highest BCUT2D eigenvalue weighted by atomic mass is 31.2. The summed E-state index contributed by atoms with van der Waals surface area (Å²) in [5, 5.41) is 0. The van der Waals surface area contributed by atoms with Gasteiger partial charge in [-0.2, -0.15) is 0 Å². The summed E-state index contributed by atoms with van der Waals surface area (Å²) in [6.07, 6.45) is -7.98. The van der Waals surface area contributed by atoms with Crippen molar-refractivity contribution < 1.29 is 50.4 Å². The first kappa shape index (κ1) is 29.6. The number of phosphoric acid groups is 1. The summed E-state index contributed by atoms with van der Waals surface area (Å²) in [5.41, 5.74) is 12.9. The van der Waals surface area contributed by atoms with Crippen molar-refractivity contribution >= 4 is 56.7 Å². The first-order valence-corrected chi connectivity index (χ1v) is 15.2. The molecule has 236 valence electrons. The number of hydrogen-bond acceptors (Lipinski definition) is 15. The molecular weight excluding hydrogens is 633 g/mol. The quantitative estimate of drug-likeness (QED) is 0.194. The number of anilines is 2. The molecular formula is C21H25BF2N9O9P2-. The summed E-state index contributed by atoms with van der Waals surface area (Å²) in [4.78, 5) is 31.1. The van der Waals surface area contributed by atoms with Crippen molar-refractivity contribution in [2.45, 2.75) is 49.2 Å². The number of alkyl halides is 2. The number of nitrogens with zero attached hydrogens (tertiary/aromatic N) is 7. The fraction of sp³-hybridized carbons (Fsp3) is 0.476. The summed E-state index contributed by atoms with van der Waals surface area (Å²) in [6, 6.07) is 1.52. The molecule has 0 amide bonds. The molecule has 7 rings (SSSR count). The summed E-state index contributed by atoms with van der Waals surface area (Å²) in [7, 11) is -10.3. The number of imidazole rings is 2. The number of nitrogens with two attached hydrogens (primary N) is 2. The van der Waals surface area contributed by atoms with Gasteiger partial charge in [-0.1, -0.05) is 0 Å². The third kappa shape index (κ3) is 5.07. The molecule has 0 aliphatic carbocycles. The fourth-order valence-electron chi connectivity index (χ4n) is 5.16. The topological polar surface area (TPSA) is 236 Å². The highest BCUT2D eigenvalue weighted by Gasteiger charge is 2.54. The van der Waals surface area contributed by atoms with Gasteiger partial charge in [-0.05, 0) is 6.07 Å². The number of nitrogen functional groups attached to an aromatic ring is 2. The monoisotopic (exact) mass is 658 g/mol. The van der Waals surface area contributed by atoms with Crippen LogP contribution in [0.5, 0.6) is 0 Å². The second-order valence-electron chi connectivity index (χ2n) is 9.75. The molecule has 0 saturated carbocycles. The van der Waals surface area contributed by atoms with E-state index in [-0.39, 0.29) is 33.8 Å². The van der Waals surface area contributed by atoms with Crippen LogP contribution in [0.2, 0.25) is 0 Å². The second-order valence-corrected chi connectivity index (χ2v) is 12.1. The number of phosphoric ester groups is 1. The highest BCUT2D eigenvalue weighted by Crippen LogP contribution is 2.54. The zero-order chi connectivity index (χ0) is 31.0. The molecule has 3 aliphatic rings. The molecule has 23 heteroatoms. The lowest BCUT2D eigenvalue weighted by atomic mass is 10.1. The Morgan fingerprint density at radius 2 is 1.55 bits per heavy atom. The van der Waals surface area contributed by atoms with Crippen LogP contribution < -0.4 is 11.5 Å². The highest BCUT2D eigenvalue weighted by molar-refractivity contribution is 7.79. The maximum Gasteiger partial charge on any atom is 0.472 e. The number of pyridine rings is 1. The van der Waals surface area contributed by atoms with Gasteiger partial charge in [0.15, 0.2) is 41.9 Å². The second kappa shape index (κ2) is 10.7. The molecule has 3 saturated heterocycles. The number of fused-ring (bicyclic) bond motifs is 5. The Kier molecular flexibility index (Phi) is 7.23. The average molecular weight is 658 g/mol. The third-order valence-corrected chi connectivity index (χ3v) is 8.93. The number of halogens is 2. The lowest BCUT2D eigenvalue weighted by molar-refractivity contribution is -0.0630. The van der Waals surface area contributed by atoms with Crippen molar-refractivity contribution in [3.05, 3.63) is 31.2 Å². The maximum atomic E-state index is 16.0. The number of aromatic nitrogens is 7. The molecule has 44 heavy (non-hydrogen) atoms. The lowest BCUT2D eigenvalue weighted by Gasteiger charge is -2.28. The van der Waals surface area contributed by atoms with Gasteiger partial charge in [-0.25, -0.2) is 38.3 Å². The Hall–Kier alpha value is -3.13. The minimum atomic E-state index is -5.08. The van der Waals surface area contributed by atoms with E-state index in [1.54, 1.807) is 0 Å². The number of ether oxygens (including phenoxy) is 2. The Morgan fingerprint density at radius 1 is 0.864 bits per heavy atom. The van der Waals surface area contributed by atoms with Crippen molar-refractivity contribution in [1.82, 2.24) is 34.1 Å². The standard InChI is InChI=1S/C21H25BF2N9O9P2/c22-43(34)37-3-9-11(23)16(21(39-9)33-6-30-13-8(25)1-2-27-18(13)33)42-44(35,36)38-4-10-15(41-43)12(24)20(40-10)32-7-31-14-17(26)28-5-29-19(14)32/h1-2,5-7,9-12,15-16,20-21H,3-4H2,22H3,(H2,25,27)(H,35,36)(H2,26,28,29)/q-1/t9-,10-,11?,12-,15-,16-,20-,21-,43?/m1/s1. The van der Waals surface area contributed by atoms with E-state index >= 15 is 8.78 Å². The van der Waals surface area contributed by atoms with Crippen LogP contribution in [0, 0.1) is 0 Å². The SMILES string of the molecule is [BH3-]P1(=O)OC[C@H]2O[C@@H](n3cnc4c(N)ccnc43)[C@H](OP(=O)(O)OC[C@H]3O[C@@H](n4cnc5c(N)ncnc54)[C@H](F)[C@@H]3O1)C2F. The van der Waals surface area contributed by atoms with Crippen LogP contribution in [0.25, 0.3) is 22.3 Å². The maximum absolute atomic E-state index is 16.0. The van der Waals surface area contributed by atoms with Crippen LogP contribution in [0.1, 0.15) is 12.5 Å². The predicted octanol–water partition coefficient (Wildman–Crippen LogP) is 0.298.